The van der Waals surface area contributed by atoms with Gasteiger partial charge in [0, 0.05) is 16.1 Å². The van der Waals surface area contributed by atoms with E-state index in [0.717, 1.165) is 15.6 Å². The molecule has 0 aliphatic carbocycles. The van der Waals surface area contributed by atoms with Crippen LogP contribution in [0.1, 0.15) is 21.5 Å². The third kappa shape index (κ3) is 2.26. The maximum Gasteiger partial charge on any atom is 0.0897 e. The number of rotatable bonds is 3. The molecule has 1 heterocycles. The number of thiazole rings is 1. The second kappa shape index (κ2) is 4.95. The number of halogens is 1. The van der Waals surface area contributed by atoms with E-state index < -0.39 is 0 Å². The van der Waals surface area contributed by atoms with E-state index in [-0.39, 0.29) is 6.04 Å². The summed E-state index contributed by atoms with van der Waals surface area (Å²) >= 11 is 7.89. The van der Waals surface area contributed by atoms with Gasteiger partial charge in [-0.2, -0.15) is 0 Å². The van der Waals surface area contributed by atoms with Gasteiger partial charge in [0.2, 0.25) is 0 Å². The Hall–Kier alpha value is -0.900. The van der Waals surface area contributed by atoms with Crippen LogP contribution in [0.2, 0.25) is 5.02 Å². The van der Waals surface area contributed by atoms with Crippen molar-refractivity contribution < 1.29 is 0 Å². The zero-order chi connectivity index (χ0) is 11.5. The summed E-state index contributed by atoms with van der Waals surface area (Å²) in [6.45, 7) is 2.01. The number of hydrogen-bond acceptors (Lipinski definition) is 3. The molecule has 1 aromatic heterocycles. The highest BCUT2D eigenvalue weighted by Crippen LogP contribution is 2.30. The molecule has 2 rings (SSSR count). The van der Waals surface area contributed by atoms with Crippen molar-refractivity contribution in [3.63, 3.8) is 0 Å². The zero-order valence-electron chi connectivity index (χ0n) is 9.20. The lowest BCUT2D eigenvalue weighted by molar-refractivity contribution is 0.702. The van der Waals surface area contributed by atoms with Crippen LogP contribution in [0, 0.1) is 6.92 Å². The lowest BCUT2D eigenvalue weighted by Gasteiger charge is -2.15. The lowest BCUT2D eigenvalue weighted by Crippen LogP contribution is -2.16. The van der Waals surface area contributed by atoms with Gasteiger partial charge in [0.1, 0.15) is 0 Å². The molecule has 0 fully saturated rings. The van der Waals surface area contributed by atoms with Crippen molar-refractivity contribution >= 4 is 22.9 Å². The molecule has 4 heteroatoms. The minimum atomic E-state index is 0.125. The molecule has 0 bridgehead atoms. The summed E-state index contributed by atoms with van der Waals surface area (Å²) in [4.78, 5) is 5.46. The molecule has 0 saturated heterocycles. The predicted molar refractivity (Wildman–Crippen MR) is 69.2 cm³/mol. The molecule has 1 atom stereocenters. The monoisotopic (exact) mass is 252 g/mol. The summed E-state index contributed by atoms with van der Waals surface area (Å²) in [7, 11) is 1.93. The lowest BCUT2D eigenvalue weighted by atomic mass is 10.1. The van der Waals surface area contributed by atoms with Gasteiger partial charge < -0.3 is 5.32 Å². The summed E-state index contributed by atoms with van der Waals surface area (Å²) in [5, 5.41) is 5.13. The highest BCUT2D eigenvalue weighted by Gasteiger charge is 2.16. The standard InChI is InChI=1S/C12H13ClN2S/c1-8-15-7-11(16-8)12(14-2)9-5-3-4-6-10(9)13/h3-7,12,14H,1-2H3. The summed E-state index contributed by atoms with van der Waals surface area (Å²) < 4.78 is 0. The van der Waals surface area contributed by atoms with Crippen LogP contribution in [0.5, 0.6) is 0 Å². The van der Waals surface area contributed by atoms with Crippen LogP contribution in [0.25, 0.3) is 0 Å². The van der Waals surface area contributed by atoms with Gasteiger partial charge in [-0.25, -0.2) is 4.98 Å². The molecule has 1 N–H and O–H groups in total. The van der Waals surface area contributed by atoms with Crippen LogP contribution in [-0.2, 0) is 0 Å². The molecule has 84 valence electrons. The van der Waals surface area contributed by atoms with Gasteiger partial charge in [-0.15, -0.1) is 11.3 Å². The third-order valence-electron chi connectivity index (χ3n) is 2.43. The minimum Gasteiger partial charge on any atom is -0.309 e. The quantitative estimate of drug-likeness (QED) is 0.906. The maximum absolute atomic E-state index is 6.20. The zero-order valence-corrected chi connectivity index (χ0v) is 10.8. The first kappa shape index (κ1) is 11.6. The molecule has 1 unspecified atom stereocenters. The Balaban J connectivity index is 2.40. The summed E-state index contributed by atoms with van der Waals surface area (Å²) in [5.41, 5.74) is 1.09. The Labute approximate surface area is 104 Å². The molecule has 0 saturated carbocycles. The fourth-order valence-corrected chi connectivity index (χ4v) is 2.83. The number of aromatic nitrogens is 1. The average Bonchev–Trinajstić information content (AvgIpc) is 2.69. The second-order valence-corrected chi connectivity index (χ2v) is 5.20. The van der Waals surface area contributed by atoms with E-state index in [9.17, 15) is 0 Å². The van der Waals surface area contributed by atoms with Crippen LogP contribution in [0.15, 0.2) is 30.5 Å². The van der Waals surface area contributed by atoms with Crippen molar-refractivity contribution in [3.8, 4) is 0 Å². The Morgan fingerprint density at radius 1 is 1.38 bits per heavy atom. The van der Waals surface area contributed by atoms with E-state index in [1.807, 2.05) is 44.4 Å². The molecule has 2 nitrogen and oxygen atoms in total. The van der Waals surface area contributed by atoms with Gasteiger partial charge in [-0.3, -0.25) is 0 Å². The first-order valence-electron chi connectivity index (χ1n) is 5.06. The topological polar surface area (TPSA) is 24.9 Å². The second-order valence-electron chi connectivity index (χ2n) is 3.52. The van der Waals surface area contributed by atoms with E-state index in [1.54, 1.807) is 11.3 Å². The van der Waals surface area contributed by atoms with Gasteiger partial charge in [0.05, 0.1) is 11.0 Å². The highest BCUT2D eigenvalue weighted by atomic mass is 35.5. The predicted octanol–water partition coefficient (Wildman–Crippen LogP) is 3.41. The molecule has 0 spiro atoms. The molecular formula is C12H13ClN2S. The molecular weight excluding hydrogens is 240 g/mol. The molecule has 0 radical (unpaired) electrons. The van der Waals surface area contributed by atoms with E-state index >= 15 is 0 Å². The fraction of sp³-hybridized carbons (Fsp3) is 0.250. The van der Waals surface area contributed by atoms with Crippen molar-refractivity contribution in [1.29, 1.82) is 0 Å². The summed E-state index contributed by atoms with van der Waals surface area (Å²) in [6, 6.07) is 8.02. The average molecular weight is 253 g/mol. The van der Waals surface area contributed by atoms with Crippen LogP contribution in [0.3, 0.4) is 0 Å². The van der Waals surface area contributed by atoms with Crippen molar-refractivity contribution in [2.75, 3.05) is 7.05 Å². The normalized spacial score (nSPS) is 12.7. The van der Waals surface area contributed by atoms with E-state index in [0.29, 0.717) is 0 Å². The summed E-state index contributed by atoms with van der Waals surface area (Å²) in [5.74, 6) is 0. The van der Waals surface area contributed by atoms with Gasteiger partial charge in [0.15, 0.2) is 0 Å². The highest BCUT2D eigenvalue weighted by molar-refractivity contribution is 7.11. The van der Waals surface area contributed by atoms with Crippen molar-refractivity contribution in [2.24, 2.45) is 0 Å². The number of hydrogen-bond donors (Lipinski definition) is 1. The van der Waals surface area contributed by atoms with Crippen LogP contribution in [0.4, 0.5) is 0 Å². The minimum absolute atomic E-state index is 0.125. The molecule has 1 aromatic carbocycles. The molecule has 0 aliphatic rings. The Morgan fingerprint density at radius 3 is 2.69 bits per heavy atom. The Kier molecular flexibility index (Phi) is 3.59. The first-order chi connectivity index (χ1) is 7.72. The number of aryl methyl sites for hydroxylation is 1. The molecule has 2 aromatic rings. The van der Waals surface area contributed by atoms with E-state index in [4.69, 9.17) is 11.6 Å². The Bertz CT molecular complexity index is 481. The van der Waals surface area contributed by atoms with Gasteiger partial charge in [-0.1, -0.05) is 29.8 Å². The largest absolute Gasteiger partial charge is 0.309 e. The van der Waals surface area contributed by atoms with Crippen molar-refractivity contribution in [1.82, 2.24) is 10.3 Å². The van der Waals surface area contributed by atoms with E-state index in [2.05, 4.69) is 10.3 Å². The first-order valence-corrected chi connectivity index (χ1v) is 6.26. The molecule has 0 aliphatic heterocycles. The van der Waals surface area contributed by atoms with Crippen LogP contribution >= 0.6 is 22.9 Å². The number of nitrogens with one attached hydrogen (secondary N) is 1. The van der Waals surface area contributed by atoms with Crippen molar-refractivity contribution in [2.45, 2.75) is 13.0 Å². The van der Waals surface area contributed by atoms with Gasteiger partial charge in [-0.05, 0) is 25.6 Å². The number of benzene rings is 1. The SMILES string of the molecule is CNC(c1cnc(C)s1)c1ccccc1Cl. The number of nitrogens with zero attached hydrogens (tertiary/aromatic N) is 1. The smallest absolute Gasteiger partial charge is 0.0897 e. The third-order valence-corrected chi connectivity index (χ3v) is 3.75. The maximum atomic E-state index is 6.20. The molecule has 0 amide bonds. The van der Waals surface area contributed by atoms with Gasteiger partial charge >= 0.3 is 0 Å². The molecule has 16 heavy (non-hydrogen) atoms. The van der Waals surface area contributed by atoms with E-state index in [1.165, 1.54) is 4.88 Å². The summed E-state index contributed by atoms with van der Waals surface area (Å²) in [6.07, 6.45) is 1.91. The van der Waals surface area contributed by atoms with Gasteiger partial charge in [0.25, 0.3) is 0 Å². The fourth-order valence-electron chi connectivity index (χ4n) is 1.67. The Morgan fingerprint density at radius 2 is 2.12 bits per heavy atom. The van der Waals surface area contributed by atoms with Crippen molar-refractivity contribution in [3.05, 3.63) is 50.9 Å². The van der Waals surface area contributed by atoms with Crippen LogP contribution < -0.4 is 5.32 Å². The van der Waals surface area contributed by atoms with Crippen LogP contribution in [-0.4, -0.2) is 12.0 Å².